The van der Waals surface area contributed by atoms with Crippen molar-refractivity contribution in [1.82, 2.24) is 15.3 Å². The first kappa shape index (κ1) is 17.9. The molecule has 21 heavy (non-hydrogen) atoms. The monoisotopic (exact) mass is 311 g/mol. The first-order valence-corrected chi connectivity index (χ1v) is 8.30. The van der Waals surface area contributed by atoms with Gasteiger partial charge in [0.2, 0.25) is 0 Å². The van der Waals surface area contributed by atoms with Gasteiger partial charge in [0, 0.05) is 24.2 Å². The maximum atomic E-state index is 11.6. The number of rotatable bonds is 9. The average Bonchev–Trinajstić information content (AvgIpc) is 2.43. The van der Waals surface area contributed by atoms with E-state index in [2.05, 4.69) is 15.3 Å². The van der Waals surface area contributed by atoms with E-state index >= 15 is 0 Å². The fraction of sp³-hybridized carbons (Fsp3) is 0.667. The molecule has 0 amide bonds. The van der Waals surface area contributed by atoms with Gasteiger partial charge in [-0.1, -0.05) is 18.7 Å². The van der Waals surface area contributed by atoms with Gasteiger partial charge in [0.1, 0.15) is 5.54 Å². The molecule has 1 aromatic heterocycles. The molecule has 2 N–H and O–H groups in total. The first-order chi connectivity index (χ1) is 9.89. The number of aliphatic carboxylic acids is 1. The summed E-state index contributed by atoms with van der Waals surface area (Å²) in [5.74, 6) is 0.0491. The van der Waals surface area contributed by atoms with Crippen LogP contribution >= 0.6 is 11.8 Å². The van der Waals surface area contributed by atoms with Crippen molar-refractivity contribution >= 4 is 17.7 Å². The number of carboxylic acid groups (broad SMARTS) is 1. The fourth-order valence-corrected chi connectivity index (χ4v) is 2.94. The highest BCUT2D eigenvalue weighted by molar-refractivity contribution is 7.99. The number of carboxylic acids is 1. The zero-order valence-electron chi connectivity index (χ0n) is 13.2. The topological polar surface area (TPSA) is 75.1 Å². The molecule has 0 saturated carbocycles. The molecule has 1 unspecified atom stereocenters. The van der Waals surface area contributed by atoms with Crippen molar-refractivity contribution < 1.29 is 9.90 Å². The summed E-state index contributed by atoms with van der Waals surface area (Å²) in [7, 11) is 0. The summed E-state index contributed by atoms with van der Waals surface area (Å²) in [4.78, 5) is 20.1. The molecule has 0 spiro atoms. The van der Waals surface area contributed by atoms with Crippen LogP contribution in [0.1, 0.15) is 45.6 Å². The van der Waals surface area contributed by atoms with Gasteiger partial charge < -0.3 is 5.11 Å². The van der Waals surface area contributed by atoms with E-state index in [4.69, 9.17) is 0 Å². The zero-order valence-corrected chi connectivity index (χ0v) is 14.0. The molecule has 0 radical (unpaired) electrons. The van der Waals surface area contributed by atoms with Crippen LogP contribution in [-0.4, -0.2) is 38.4 Å². The standard InChI is InChI=1S/C15H25N3O2S/c1-5-15(13(19)20,18-11(2)3)7-6-8-21-14-16-9-12(4)10-17-14/h9-11,18H,5-8H2,1-4H3,(H,19,20). The van der Waals surface area contributed by atoms with Crippen LogP contribution in [0.4, 0.5) is 0 Å². The maximum absolute atomic E-state index is 11.6. The second kappa shape index (κ2) is 8.34. The van der Waals surface area contributed by atoms with Crippen molar-refractivity contribution in [2.45, 2.75) is 63.7 Å². The highest BCUT2D eigenvalue weighted by Crippen LogP contribution is 2.22. The third-order valence-corrected chi connectivity index (χ3v) is 4.28. The van der Waals surface area contributed by atoms with Crippen molar-refractivity contribution in [3.8, 4) is 0 Å². The number of aryl methyl sites for hydroxylation is 1. The Morgan fingerprint density at radius 2 is 2.05 bits per heavy atom. The van der Waals surface area contributed by atoms with Crippen LogP contribution in [0.25, 0.3) is 0 Å². The van der Waals surface area contributed by atoms with Gasteiger partial charge in [-0.3, -0.25) is 10.1 Å². The molecular formula is C15H25N3O2S. The molecule has 1 atom stereocenters. The van der Waals surface area contributed by atoms with E-state index in [1.807, 2.05) is 27.7 Å². The van der Waals surface area contributed by atoms with Gasteiger partial charge in [-0.2, -0.15) is 0 Å². The van der Waals surface area contributed by atoms with E-state index in [1.54, 1.807) is 24.2 Å². The van der Waals surface area contributed by atoms with Gasteiger partial charge in [0.15, 0.2) is 5.16 Å². The number of hydrogen-bond acceptors (Lipinski definition) is 5. The van der Waals surface area contributed by atoms with Crippen LogP contribution in [-0.2, 0) is 4.79 Å². The van der Waals surface area contributed by atoms with E-state index < -0.39 is 11.5 Å². The van der Waals surface area contributed by atoms with Crippen LogP contribution < -0.4 is 5.32 Å². The molecular weight excluding hydrogens is 286 g/mol. The Bertz CT molecular complexity index is 451. The largest absolute Gasteiger partial charge is 0.480 e. The molecule has 1 aromatic rings. The number of aromatic nitrogens is 2. The summed E-state index contributed by atoms with van der Waals surface area (Å²) in [5.41, 5.74) is 0.208. The van der Waals surface area contributed by atoms with E-state index in [1.165, 1.54) is 0 Å². The third kappa shape index (κ3) is 5.63. The lowest BCUT2D eigenvalue weighted by molar-refractivity contribution is -0.145. The Labute approximate surface area is 131 Å². The van der Waals surface area contributed by atoms with Crippen LogP contribution in [0, 0.1) is 6.92 Å². The quantitative estimate of drug-likeness (QED) is 0.415. The SMILES string of the molecule is CCC(CCCSc1ncc(C)cn1)(NC(C)C)C(=O)O. The minimum atomic E-state index is -0.830. The second-order valence-electron chi connectivity index (χ2n) is 5.53. The van der Waals surface area contributed by atoms with Crippen LogP contribution in [0.5, 0.6) is 0 Å². The van der Waals surface area contributed by atoms with Gasteiger partial charge >= 0.3 is 5.97 Å². The molecule has 6 heteroatoms. The van der Waals surface area contributed by atoms with Gasteiger partial charge in [-0.05, 0) is 45.6 Å². The number of hydrogen-bond donors (Lipinski definition) is 2. The number of nitrogens with zero attached hydrogens (tertiary/aromatic N) is 2. The molecule has 0 saturated heterocycles. The average molecular weight is 311 g/mol. The molecule has 0 fully saturated rings. The summed E-state index contributed by atoms with van der Waals surface area (Å²) in [6, 6.07) is 0.147. The normalized spacial score (nSPS) is 14.1. The van der Waals surface area contributed by atoms with Crippen molar-refractivity contribution in [3.05, 3.63) is 18.0 Å². The predicted molar refractivity (Wildman–Crippen MR) is 85.7 cm³/mol. The molecule has 0 aliphatic carbocycles. The molecule has 1 rings (SSSR count). The molecule has 0 aliphatic rings. The lowest BCUT2D eigenvalue weighted by Crippen LogP contribution is -2.54. The highest BCUT2D eigenvalue weighted by Gasteiger charge is 2.36. The molecule has 118 valence electrons. The fourth-order valence-electron chi connectivity index (χ4n) is 2.22. The summed E-state index contributed by atoms with van der Waals surface area (Å²) >= 11 is 1.57. The summed E-state index contributed by atoms with van der Waals surface area (Å²) < 4.78 is 0. The summed E-state index contributed by atoms with van der Waals surface area (Å²) in [6.45, 7) is 7.82. The number of thioether (sulfide) groups is 1. The first-order valence-electron chi connectivity index (χ1n) is 7.32. The minimum absolute atomic E-state index is 0.147. The predicted octanol–water partition coefficient (Wildman–Crippen LogP) is 2.89. The van der Waals surface area contributed by atoms with E-state index in [9.17, 15) is 9.90 Å². The van der Waals surface area contributed by atoms with Crippen molar-refractivity contribution in [2.75, 3.05) is 5.75 Å². The Hall–Kier alpha value is -1.14. The third-order valence-electron chi connectivity index (χ3n) is 3.31. The van der Waals surface area contributed by atoms with Crippen molar-refractivity contribution in [1.29, 1.82) is 0 Å². The Kier molecular flexibility index (Phi) is 7.11. The van der Waals surface area contributed by atoms with Crippen LogP contribution in [0.2, 0.25) is 0 Å². The number of nitrogens with one attached hydrogen (secondary N) is 1. The number of carbonyl (C=O) groups is 1. The van der Waals surface area contributed by atoms with Gasteiger partial charge in [-0.15, -0.1) is 0 Å². The van der Waals surface area contributed by atoms with E-state index in [0.717, 1.165) is 22.9 Å². The Balaban J connectivity index is 2.50. The van der Waals surface area contributed by atoms with Gasteiger partial charge in [0.05, 0.1) is 0 Å². The van der Waals surface area contributed by atoms with E-state index in [-0.39, 0.29) is 6.04 Å². The van der Waals surface area contributed by atoms with Crippen LogP contribution in [0.15, 0.2) is 17.6 Å². The second-order valence-corrected chi connectivity index (χ2v) is 6.60. The molecule has 5 nitrogen and oxygen atoms in total. The lowest BCUT2D eigenvalue weighted by atomic mass is 9.90. The minimum Gasteiger partial charge on any atom is -0.480 e. The lowest BCUT2D eigenvalue weighted by Gasteiger charge is -2.31. The molecule has 0 aliphatic heterocycles. The Morgan fingerprint density at radius 3 is 2.52 bits per heavy atom. The molecule has 0 aromatic carbocycles. The maximum Gasteiger partial charge on any atom is 0.323 e. The van der Waals surface area contributed by atoms with E-state index in [0.29, 0.717) is 12.8 Å². The Morgan fingerprint density at radius 1 is 1.43 bits per heavy atom. The molecule has 1 heterocycles. The molecule has 0 bridgehead atoms. The van der Waals surface area contributed by atoms with Gasteiger partial charge in [0.25, 0.3) is 0 Å². The summed E-state index contributed by atoms with van der Waals surface area (Å²) in [5, 5.41) is 13.5. The van der Waals surface area contributed by atoms with Crippen LogP contribution in [0.3, 0.4) is 0 Å². The highest BCUT2D eigenvalue weighted by atomic mass is 32.2. The smallest absolute Gasteiger partial charge is 0.323 e. The summed E-state index contributed by atoms with van der Waals surface area (Å²) in [6.07, 6.45) is 5.58. The zero-order chi connectivity index (χ0) is 15.9. The van der Waals surface area contributed by atoms with Crippen molar-refractivity contribution in [3.63, 3.8) is 0 Å². The van der Waals surface area contributed by atoms with Gasteiger partial charge in [-0.25, -0.2) is 9.97 Å². The van der Waals surface area contributed by atoms with Crippen molar-refractivity contribution in [2.24, 2.45) is 0 Å².